The van der Waals surface area contributed by atoms with Gasteiger partial charge in [-0.05, 0) is 23.6 Å². The fourth-order valence-corrected chi connectivity index (χ4v) is 3.46. The Morgan fingerprint density at radius 3 is 2.11 bits per heavy atom. The van der Waals surface area contributed by atoms with Crippen LogP contribution in [-0.2, 0) is 27.3 Å². The summed E-state index contributed by atoms with van der Waals surface area (Å²) in [6, 6.07) is 19.5. The Labute approximate surface area is 157 Å². The van der Waals surface area contributed by atoms with Crippen LogP contribution in [0, 0.1) is 0 Å². The van der Waals surface area contributed by atoms with Crippen LogP contribution in [0.5, 0.6) is 0 Å². The SMILES string of the molecule is O=C1C=CC(=O)N1C(Cc1ccccc1)C1C=C(Cc2ccccc2)NO1. The molecule has 2 aromatic rings. The topological polar surface area (TPSA) is 58.6 Å². The van der Waals surface area contributed by atoms with E-state index >= 15 is 0 Å². The van der Waals surface area contributed by atoms with Crippen LogP contribution < -0.4 is 5.48 Å². The molecule has 0 spiro atoms. The highest BCUT2D eigenvalue weighted by Gasteiger charge is 2.38. The largest absolute Gasteiger partial charge is 0.270 e. The minimum absolute atomic E-state index is 0.297. The molecular formula is C22H20N2O3. The lowest BCUT2D eigenvalue weighted by Gasteiger charge is -2.29. The molecule has 2 atom stereocenters. The van der Waals surface area contributed by atoms with Crippen molar-refractivity contribution < 1.29 is 14.4 Å². The number of imide groups is 1. The zero-order chi connectivity index (χ0) is 18.6. The average molecular weight is 360 g/mol. The van der Waals surface area contributed by atoms with E-state index in [1.54, 1.807) is 0 Å². The Balaban J connectivity index is 1.57. The maximum absolute atomic E-state index is 12.3. The number of hydrogen-bond acceptors (Lipinski definition) is 4. The molecule has 0 saturated heterocycles. The molecule has 2 heterocycles. The number of rotatable bonds is 6. The van der Waals surface area contributed by atoms with Crippen LogP contribution >= 0.6 is 0 Å². The molecule has 2 aromatic carbocycles. The van der Waals surface area contributed by atoms with Crippen molar-refractivity contribution in [1.29, 1.82) is 0 Å². The Morgan fingerprint density at radius 2 is 1.48 bits per heavy atom. The molecule has 5 heteroatoms. The minimum Gasteiger partial charge on any atom is -0.270 e. The lowest BCUT2D eigenvalue weighted by atomic mass is 9.98. The van der Waals surface area contributed by atoms with Crippen LogP contribution in [-0.4, -0.2) is 28.9 Å². The molecular weight excluding hydrogens is 340 g/mol. The Bertz CT molecular complexity index is 872. The first-order valence-corrected chi connectivity index (χ1v) is 8.96. The molecule has 2 unspecified atom stereocenters. The van der Waals surface area contributed by atoms with Gasteiger partial charge >= 0.3 is 0 Å². The van der Waals surface area contributed by atoms with Crippen molar-refractivity contribution in [2.75, 3.05) is 0 Å². The van der Waals surface area contributed by atoms with Gasteiger partial charge in [-0.3, -0.25) is 24.8 Å². The Hall–Kier alpha value is -3.18. The van der Waals surface area contributed by atoms with Gasteiger partial charge in [0.1, 0.15) is 6.10 Å². The predicted molar refractivity (Wildman–Crippen MR) is 101 cm³/mol. The van der Waals surface area contributed by atoms with Gasteiger partial charge in [0, 0.05) is 24.3 Å². The second-order valence-electron chi connectivity index (χ2n) is 6.68. The molecule has 2 aliphatic rings. The first-order valence-electron chi connectivity index (χ1n) is 8.96. The zero-order valence-corrected chi connectivity index (χ0v) is 14.7. The summed E-state index contributed by atoms with van der Waals surface area (Å²) in [5.74, 6) is -0.594. The average Bonchev–Trinajstić information content (AvgIpc) is 3.28. The van der Waals surface area contributed by atoms with E-state index in [9.17, 15) is 9.59 Å². The number of benzene rings is 2. The fraction of sp³-hybridized carbons (Fsp3) is 0.182. The quantitative estimate of drug-likeness (QED) is 0.805. The van der Waals surface area contributed by atoms with Crippen molar-refractivity contribution >= 4 is 11.8 Å². The van der Waals surface area contributed by atoms with Crippen LogP contribution in [0.25, 0.3) is 0 Å². The third-order valence-electron chi connectivity index (χ3n) is 4.77. The van der Waals surface area contributed by atoms with Crippen molar-refractivity contribution in [3.63, 3.8) is 0 Å². The van der Waals surface area contributed by atoms with E-state index in [4.69, 9.17) is 4.84 Å². The molecule has 0 fully saturated rings. The highest BCUT2D eigenvalue weighted by atomic mass is 16.7. The Kier molecular flexibility index (Phi) is 4.85. The monoisotopic (exact) mass is 360 g/mol. The third-order valence-corrected chi connectivity index (χ3v) is 4.77. The van der Waals surface area contributed by atoms with Gasteiger partial charge in [-0.1, -0.05) is 60.7 Å². The molecule has 2 aliphatic heterocycles. The molecule has 0 saturated carbocycles. The van der Waals surface area contributed by atoms with E-state index < -0.39 is 12.1 Å². The van der Waals surface area contributed by atoms with Crippen molar-refractivity contribution in [3.05, 3.63) is 95.7 Å². The summed E-state index contributed by atoms with van der Waals surface area (Å²) in [6.45, 7) is 0. The molecule has 0 bridgehead atoms. The molecule has 2 amide bonds. The smallest absolute Gasteiger partial charge is 0.253 e. The fourth-order valence-electron chi connectivity index (χ4n) is 3.46. The van der Waals surface area contributed by atoms with Gasteiger partial charge in [0.2, 0.25) is 0 Å². The standard InChI is InChI=1S/C22H20N2O3/c25-21-11-12-22(26)24(21)19(14-17-9-5-2-6-10-17)20-15-18(23-27-20)13-16-7-3-1-4-8-16/h1-12,15,19-20,23H,13-14H2. The van der Waals surface area contributed by atoms with Crippen molar-refractivity contribution in [3.8, 4) is 0 Å². The van der Waals surface area contributed by atoms with Crippen LogP contribution in [0.15, 0.2) is 84.6 Å². The Morgan fingerprint density at radius 1 is 0.889 bits per heavy atom. The first-order chi connectivity index (χ1) is 13.2. The summed E-state index contributed by atoms with van der Waals surface area (Å²) in [6.07, 6.45) is 5.43. The molecule has 1 N–H and O–H groups in total. The molecule has 5 nitrogen and oxygen atoms in total. The number of carbonyl (C=O) groups is 2. The van der Waals surface area contributed by atoms with E-state index in [1.165, 1.54) is 17.1 Å². The van der Waals surface area contributed by atoms with Crippen LogP contribution in [0.1, 0.15) is 11.1 Å². The second-order valence-corrected chi connectivity index (χ2v) is 6.68. The summed E-state index contributed by atoms with van der Waals surface area (Å²) in [5, 5.41) is 0. The van der Waals surface area contributed by atoms with Gasteiger partial charge in [-0.15, -0.1) is 0 Å². The maximum atomic E-state index is 12.3. The van der Waals surface area contributed by atoms with Crippen LogP contribution in [0.4, 0.5) is 0 Å². The minimum atomic E-state index is -0.414. The number of hydroxylamine groups is 1. The molecule has 0 aromatic heterocycles. The van der Waals surface area contributed by atoms with Crippen LogP contribution in [0.2, 0.25) is 0 Å². The van der Waals surface area contributed by atoms with Crippen LogP contribution in [0.3, 0.4) is 0 Å². The number of amides is 2. The van der Waals surface area contributed by atoms with Gasteiger partial charge in [0.15, 0.2) is 0 Å². The van der Waals surface area contributed by atoms with E-state index in [0.717, 1.165) is 16.8 Å². The maximum Gasteiger partial charge on any atom is 0.253 e. The van der Waals surface area contributed by atoms with E-state index in [2.05, 4.69) is 17.6 Å². The van der Waals surface area contributed by atoms with Crippen molar-refractivity contribution in [2.24, 2.45) is 0 Å². The number of carbonyl (C=O) groups excluding carboxylic acids is 2. The summed E-state index contributed by atoms with van der Waals surface area (Å²) in [4.78, 5) is 31.6. The van der Waals surface area contributed by atoms with Gasteiger partial charge in [0.05, 0.1) is 6.04 Å². The van der Waals surface area contributed by atoms with E-state index in [-0.39, 0.29) is 11.8 Å². The lowest BCUT2D eigenvalue weighted by molar-refractivity contribution is -0.143. The van der Waals surface area contributed by atoms with Gasteiger partial charge in [-0.2, -0.15) is 0 Å². The second kappa shape index (κ2) is 7.60. The predicted octanol–water partition coefficient (Wildman–Crippen LogP) is 2.55. The highest BCUT2D eigenvalue weighted by molar-refractivity contribution is 6.13. The summed E-state index contributed by atoms with van der Waals surface area (Å²) in [5.41, 5.74) is 6.10. The van der Waals surface area contributed by atoms with Gasteiger partial charge < -0.3 is 0 Å². The van der Waals surface area contributed by atoms with E-state index in [0.29, 0.717) is 12.8 Å². The normalized spacial score (nSPS) is 19.9. The summed E-state index contributed by atoms with van der Waals surface area (Å²) >= 11 is 0. The van der Waals surface area contributed by atoms with E-state index in [1.807, 2.05) is 54.6 Å². The van der Waals surface area contributed by atoms with Crippen molar-refractivity contribution in [2.45, 2.75) is 25.0 Å². The van der Waals surface area contributed by atoms with Crippen molar-refractivity contribution in [1.82, 2.24) is 10.4 Å². The zero-order valence-electron chi connectivity index (χ0n) is 14.7. The third kappa shape index (κ3) is 3.83. The number of hydrogen-bond donors (Lipinski definition) is 1. The molecule has 136 valence electrons. The lowest BCUT2D eigenvalue weighted by Crippen LogP contribution is -2.48. The summed E-state index contributed by atoms with van der Waals surface area (Å²) < 4.78 is 0. The number of nitrogens with one attached hydrogen (secondary N) is 1. The highest BCUT2D eigenvalue weighted by Crippen LogP contribution is 2.24. The van der Waals surface area contributed by atoms with Gasteiger partial charge in [-0.25, -0.2) is 0 Å². The molecule has 4 rings (SSSR count). The molecule has 0 radical (unpaired) electrons. The first kappa shape index (κ1) is 17.2. The molecule has 27 heavy (non-hydrogen) atoms. The number of allylic oxidation sites excluding steroid dienone is 1. The molecule has 0 aliphatic carbocycles. The van der Waals surface area contributed by atoms with Gasteiger partial charge in [0.25, 0.3) is 11.8 Å². The summed E-state index contributed by atoms with van der Waals surface area (Å²) in [7, 11) is 0. The number of nitrogens with zero attached hydrogens (tertiary/aromatic N) is 1.